The Morgan fingerprint density at radius 1 is 0.931 bits per heavy atom. The van der Waals surface area contributed by atoms with E-state index in [2.05, 4.69) is 30.1 Å². The van der Waals surface area contributed by atoms with Gasteiger partial charge in [-0.2, -0.15) is 0 Å². The van der Waals surface area contributed by atoms with E-state index >= 15 is 0 Å². The topological polar surface area (TPSA) is 74.2 Å². The van der Waals surface area contributed by atoms with Gasteiger partial charge in [-0.3, -0.25) is 4.79 Å². The summed E-state index contributed by atoms with van der Waals surface area (Å²) < 4.78 is 0. The van der Waals surface area contributed by atoms with Crippen molar-refractivity contribution in [2.75, 3.05) is 36.0 Å². The molecule has 1 aliphatic heterocycles. The summed E-state index contributed by atoms with van der Waals surface area (Å²) in [6.45, 7) is 5.87. The number of pyridine rings is 1. The molecule has 0 saturated carbocycles. The van der Waals surface area contributed by atoms with Crippen LogP contribution in [0.5, 0.6) is 0 Å². The van der Waals surface area contributed by atoms with E-state index in [9.17, 15) is 4.79 Å². The first-order valence-corrected chi connectivity index (χ1v) is 9.76. The summed E-state index contributed by atoms with van der Waals surface area (Å²) in [6.07, 6.45) is 5.00. The molecule has 1 saturated heterocycles. The number of anilines is 2. The van der Waals surface area contributed by atoms with Crippen molar-refractivity contribution in [1.29, 1.82) is 0 Å². The molecule has 3 aromatic rings. The predicted molar refractivity (Wildman–Crippen MR) is 113 cm³/mol. The molecule has 0 unspecified atom stereocenters. The maximum absolute atomic E-state index is 12.4. The lowest BCUT2D eigenvalue weighted by atomic mass is 10.1. The lowest BCUT2D eigenvalue weighted by Gasteiger charge is -2.35. The number of rotatable bonds is 5. The Hall–Kier alpha value is -3.48. The van der Waals surface area contributed by atoms with Crippen molar-refractivity contribution in [2.24, 2.45) is 0 Å². The molecule has 0 aliphatic carbocycles. The van der Waals surface area contributed by atoms with E-state index in [1.165, 1.54) is 5.56 Å². The molecule has 7 heteroatoms. The Morgan fingerprint density at radius 3 is 2.28 bits per heavy atom. The molecule has 3 heterocycles. The van der Waals surface area contributed by atoms with E-state index in [0.717, 1.165) is 37.6 Å². The number of nitrogens with one attached hydrogen (secondary N) is 1. The normalized spacial score (nSPS) is 14.0. The molecule has 1 amide bonds. The zero-order valence-electron chi connectivity index (χ0n) is 16.5. The third-order valence-electron chi connectivity index (χ3n) is 5.01. The predicted octanol–water partition coefficient (Wildman–Crippen LogP) is 2.44. The standard InChI is InChI=1S/C22H24N6O/c1-17-5-7-18(8-6-17)14-24-21(29)19-15-25-22(26-16-19)28-12-10-27(11-13-28)20-4-2-3-9-23-20/h2-9,15-16H,10-14H2,1H3,(H,24,29). The molecule has 4 rings (SSSR count). The number of hydrogen-bond donors (Lipinski definition) is 1. The quantitative estimate of drug-likeness (QED) is 0.724. The van der Waals surface area contributed by atoms with Crippen LogP contribution in [0.2, 0.25) is 0 Å². The summed E-state index contributed by atoms with van der Waals surface area (Å²) >= 11 is 0. The van der Waals surface area contributed by atoms with Crippen molar-refractivity contribution in [3.05, 3.63) is 77.7 Å². The van der Waals surface area contributed by atoms with Crippen molar-refractivity contribution in [3.8, 4) is 0 Å². The van der Waals surface area contributed by atoms with Crippen LogP contribution in [0.3, 0.4) is 0 Å². The van der Waals surface area contributed by atoms with Crippen LogP contribution in [0, 0.1) is 6.92 Å². The molecule has 2 aromatic heterocycles. The Labute approximate surface area is 170 Å². The number of piperazine rings is 1. The largest absolute Gasteiger partial charge is 0.353 e. The maximum Gasteiger partial charge on any atom is 0.254 e. The van der Waals surface area contributed by atoms with Crippen molar-refractivity contribution in [3.63, 3.8) is 0 Å². The van der Waals surface area contributed by atoms with E-state index in [0.29, 0.717) is 18.1 Å². The van der Waals surface area contributed by atoms with Gasteiger partial charge in [0.05, 0.1) is 5.56 Å². The highest BCUT2D eigenvalue weighted by Crippen LogP contribution is 2.15. The highest BCUT2D eigenvalue weighted by molar-refractivity contribution is 5.93. The minimum atomic E-state index is -0.169. The number of benzene rings is 1. The zero-order valence-corrected chi connectivity index (χ0v) is 16.5. The fourth-order valence-corrected chi connectivity index (χ4v) is 3.27. The molecule has 0 bridgehead atoms. The van der Waals surface area contributed by atoms with Crippen LogP contribution >= 0.6 is 0 Å². The second-order valence-corrected chi connectivity index (χ2v) is 7.10. The van der Waals surface area contributed by atoms with Gasteiger partial charge in [0.2, 0.25) is 5.95 Å². The maximum atomic E-state index is 12.4. The first-order chi connectivity index (χ1) is 14.2. The SMILES string of the molecule is Cc1ccc(CNC(=O)c2cnc(N3CCN(c4ccccn4)CC3)nc2)cc1. The summed E-state index contributed by atoms with van der Waals surface area (Å²) in [7, 11) is 0. The van der Waals surface area contributed by atoms with Gasteiger partial charge in [0, 0.05) is 51.3 Å². The van der Waals surface area contributed by atoms with Crippen LogP contribution in [-0.4, -0.2) is 47.0 Å². The summed E-state index contributed by atoms with van der Waals surface area (Å²) in [5, 5.41) is 2.91. The van der Waals surface area contributed by atoms with E-state index in [1.807, 2.05) is 55.6 Å². The van der Waals surface area contributed by atoms with Crippen molar-refractivity contribution < 1.29 is 4.79 Å². The zero-order chi connectivity index (χ0) is 20.1. The molecule has 148 valence electrons. The molecule has 0 radical (unpaired) electrons. The first-order valence-electron chi connectivity index (χ1n) is 9.76. The molecular formula is C22H24N6O. The van der Waals surface area contributed by atoms with Crippen LogP contribution < -0.4 is 15.1 Å². The molecule has 1 aromatic carbocycles. The van der Waals surface area contributed by atoms with Crippen LogP contribution in [0.4, 0.5) is 11.8 Å². The number of carbonyl (C=O) groups excluding carboxylic acids is 1. The second-order valence-electron chi connectivity index (χ2n) is 7.10. The van der Waals surface area contributed by atoms with Crippen LogP contribution in [0.1, 0.15) is 21.5 Å². The number of nitrogens with zero attached hydrogens (tertiary/aromatic N) is 5. The minimum Gasteiger partial charge on any atom is -0.353 e. The monoisotopic (exact) mass is 388 g/mol. The van der Waals surface area contributed by atoms with Gasteiger partial charge in [0.1, 0.15) is 5.82 Å². The molecular weight excluding hydrogens is 364 g/mol. The van der Waals surface area contributed by atoms with E-state index in [-0.39, 0.29) is 5.91 Å². The highest BCUT2D eigenvalue weighted by Gasteiger charge is 2.20. The van der Waals surface area contributed by atoms with E-state index in [1.54, 1.807) is 12.4 Å². The van der Waals surface area contributed by atoms with Crippen molar-refractivity contribution in [1.82, 2.24) is 20.3 Å². The lowest BCUT2D eigenvalue weighted by Crippen LogP contribution is -2.47. The Balaban J connectivity index is 1.31. The fourth-order valence-electron chi connectivity index (χ4n) is 3.27. The summed E-state index contributed by atoms with van der Waals surface area (Å²) in [5.74, 6) is 1.48. The van der Waals surface area contributed by atoms with Gasteiger partial charge < -0.3 is 15.1 Å². The number of aromatic nitrogens is 3. The Bertz CT molecular complexity index is 935. The van der Waals surface area contributed by atoms with Crippen molar-refractivity contribution in [2.45, 2.75) is 13.5 Å². The van der Waals surface area contributed by atoms with Gasteiger partial charge in [-0.25, -0.2) is 15.0 Å². The molecule has 1 aliphatic rings. The van der Waals surface area contributed by atoms with E-state index < -0.39 is 0 Å². The summed E-state index contributed by atoms with van der Waals surface area (Å²) in [4.78, 5) is 30.0. The Morgan fingerprint density at radius 2 is 1.62 bits per heavy atom. The molecule has 7 nitrogen and oxygen atoms in total. The molecule has 29 heavy (non-hydrogen) atoms. The minimum absolute atomic E-state index is 0.169. The van der Waals surface area contributed by atoms with Gasteiger partial charge in [0.15, 0.2) is 0 Å². The smallest absolute Gasteiger partial charge is 0.254 e. The molecule has 1 N–H and O–H groups in total. The third kappa shape index (κ3) is 4.68. The number of hydrogen-bond acceptors (Lipinski definition) is 6. The fraction of sp³-hybridized carbons (Fsp3) is 0.273. The Kier molecular flexibility index (Phi) is 5.65. The third-order valence-corrected chi connectivity index (χ3v) is 5.01. The molecule has 1 fully saturated rings. The average Bonchev–Trinajstić information content (AvgIpc) is 2.79. The van der Waals surface area contributed by atoms with Gasteiger partial charge in [-0.15, -0.1) is 0 Å². The number of carbonyl (C=O) groups is 1. The molecule has 0 spiro atoms. The van der Waals surface area contributed by atoms with Crippen LogP contribution in [0.25, 0.3) is 0 Å². The number of amides is 1. The van der Waals surface area contributed by atoms with Gasteiger partial charge in [-0.05, 0) is 24.6 Å². The van der Waals surface area contributed by atoms with E-state index in [4.69, 9.17) is 0 Å². The van der Waals surface area contributed by atoms with Gasteiger partial charge in [0.25, 0.3) is 5.91 Å². The average molecular weight is 388 g/mol. The second kappa shape index (κ2) is 8.68. The van der Waals surface area contributed by atoms with Crippen LogP contribution in [-0.2, 0) is 6.54 Å². The van der Waals surface area contributed by atoms with Gasteiger partial charge >= 0.3 is 0 Å². The summed E-state index contributed by atoms with van der Waals surface area (Å²) in [5.41, 5.74) is 2.73. The lowest BCUT2D eigenvalue weighted by molar-refractivity contribution is 0.0950. The molecule has 0 atom stereocenters. The highest BCUT2D eigenvalue weighted by atomic mass is 16.1. The van der Waals surface area contributed by atoms with Crippen LogP contribution in [0.15, 0.2) is 61.1 Å². The number of aryl methyl sites for hydroxylation is 1. The van der Waals surface area contributed by atoms with Gasteiger partial charge in [-0.1, -0.05) is 35.9 Å². The first kappa shape index (κ1) is 18.9. The summed E-state index contributed by atoms with van der Waals surface area (Å²) in [6, 6.07) is 14.0. The van der Waals surface area contributed by atoms with Crippen molar-refractivity contribution >= 4 is 17.7 Å².